The average molecular weight is 760 g/mol. The van der Waals surface area contributed by atoms with Crippen LogP contribution in [0.4, 0.5) is 0 Å². The highest BCUT2D eigenvalue weighted by atomic mass is 35.5. The van der Waals surface area contributed by atoms with Gasteiger partial charge in [0.15, 0.2) is 5.75 Å². The third-order valence-corrected chi connectivity index (χ3v) is 11.1. The Labute approximate surface area is 328 Å². The Morgan fingerprint density at radius 1 is 0.667 bits per heavy atom. The van der Waals surface area contributed by atoms with Crippen LogP contribution in [0.25, 0.3) is 22.4 Å². The molecule has 2 aliphatic heterocycles. The first-order valence-corrected chi connectivity index (χ1v) is 21.0. The van der Waals surface area contributed by atoms with Gasteiger partial charge in [-0.1, -0.05) is 50.9 Å². The van der Waals surface area contributed by atoms with Crippen molar-refractivity contribution in [1.29, 1.82) is 0 Å². The van der Waals surface area contributed by atoms with Crippen molar-refractivity contribution in [3.8, 4) is 34.4 Å². The van der Waals surface area contributed by atoms with Crippen LogP contribution in [0, 0.1) is 0 Å². The fourth-order valence-corrected chi connectivity index (χ4v) is 7.67. The van der Waals surface area contributed by atoms with Gasteiger partial charge in [0.25, 0.3) is 0 Å². The number of rotatable bonds is 23. The number of halogens is 1. The maximum atomic E-state index is 6.64. The van der Waals surface area contributed by atoms with E-state index in [0.717, 1.165) is 142 Å². The van der Waals surface area contributed by atoms with Crippen molar-refractivity contribution in [1.82, 2.24) is 24.3 Å². The first-order valence-electron chi connectivity index (χ1n) is 20.7. The zero-order valence-corrected chi connectivity index (χ0v) is 33.8. The quantitative estimate of drug-likeness (QED) is 0.0696. The monoisotopic (exact) mass is 759 g/mol. The Morgan fingerprint density at radius 2 is 1.31 bits per heavy atom. The van der Waals surface area contributed by atoms with Gasteiger partial charge in [0.05, 0.1) is 24.3 Å². The second kappa shape index (κ2) is 21.0. The third-order valence-electron chi connectivity index (χ3n) is 10.8. The summed E-state index contributed by atoms with van der Waals surface area (Å²) in [5.74, 6) is 4.05. The van der Waals surface area contributed by atoms with Gasteiger partial charge in [0.1, 0.15) is 41.8 Å². The van der Waals surface area contributed by atoms with Gasteiger partial charge in [-0.2, -0.15) is 0 Å². The van der Waals surface area contributed by atoms with Crippen molar-refractivity contribution < 1.29 is 18.9 Å². The SMILES string of the molecule is CCCCn1c(-c2ccc(OCCc3ccc(Cl)cc3)cc2OCCCN(CC)CC)nc2c(OCCN3CCCC3)cc(OCCN3CCCC3)cc21. The zero-order chi connectivity index (χ0) is 37.5. The highest BCUT2D eigenvalue weighted by molar-refractivity contribution is 6.30. The van der Waals surface area contributed by atoms with Crippen LogP contribution < -0.4 is 18.9 Å². The van der Waals surface area contributed by atoms with Crippen molar-refractivity contribution in [2.24, 2.45) is 0 Å². The highest BCUT2D eigenvalue weighted by Gasteiger charge is 2.22. The van der Waals surface area contributed by atoms with E-state index in [-0.39, 0.29) is 0 Å². The van der Waals surface area contributed by atoms with Crippen molar-refractivity contribution in [2.45, 2.75) is 78.7 Å². The fraction of sp³-hybridized carbons (Fsp3) is 0.568. The summed E-state index contributed by atoms with van der Waals surface area (Å²) in [6, 6.07) is 18.4. The summed E-state index contributed by atoms with van der Waals surface area (Å²) >= 11 is 6.11. The van der Waals surface area contributed by atoms with Gasteiger partial charge >= 0.3 is 0 Å². The summed E-state index contributed by atoms with van der Waals surface area (Å²) < 4.78 is 28.4. The van der Waals surface area contributed by atoms with Crippen molar-refractivity contribution >= 4 is 22.6 Å². The summed E-state index contributed by atoms with van der Waals surface area (Å²) in [6.07, 6.45) is 8.90. The van der Waals surface area contributed by atoms with E-state index >= 15 is 0 Å². The number of likely N-dealkylation sites (tertiary alicyclic amines) is 2. The number of nitrogens with zero attached hydrogens (tertiary/aromatic N) is 5. The number of hydrogen-bond acceptors (Lipinski definition) is 8. The molecule has 0 unspecified atom stereocenters. The molecule has 2 fully saturated rings. The van der Waals surface area contributed by atoms with Gasteiger partial charge in [-0.3, -0.25) is 9.80 Å². The first kappa shape index (κ1) is 40.2. The molecular weight excluding hydrogens is 698 g/mol. The molecule has 54 heavy (non-hydrogen) atoms. The Balaban J connectivity index is 1.31. The van der Waals surface area contributed by atoms with Crippen LogP contribution in [0.1, 0.15) is 71.3 Å². The van der Waals surface area contributed by atoms with Gasteiger partial charge < -0.3 is 28.4 Å². The molecule has 0 atom stereocenters. The predicted molar refractivity (Wildman–Crippen MR) is 221 cm³/mol. The lowest BCUT2D eigenvalue weighted by atomic mass is 10.1. The summed E-state index contributed by atoms with van der Waals surface area (Å²) in [7, 11) is 0. The lowest BCUT2D eigenvalue weighted by Crippen LogP contribution is -2.25. The molecule has 6 rings (SSSR count). The Kier molecular flexibility index (Phi) is 15.6. The number of fused-ring (bicyclic) bond motifs is 1. The number of imidazole rings is 1. The van der Waals surface area contributed by atoms with E-state index < -0.39 is 0 Å². The maximum Gasteiger partial charge on any atom is 0.150 e. The Morgan fingerprint density at radius 3 is 2.00 bits per heavy atom. The summed E-state index contributed by atoms with van der Waals surface area (Å²) in [5, 5.41) is 0.741. The van der Waals surface area contributed by atoms with Crippen LogP contribution in [0.3, 0.4) is 0 Å². The molecule has 294 valence electrons. The fourth-order valence-electron chi connectivity index (χ4n) is 7.54. The van der Waals surface area contributed by atoms with Crippen molar-refractivity contribution in [2.75, 3.05) is 85.3 Å². The van der Waals surface area contributed by atoms with E-state index in [0.29, 0.717) is 26.4 Å². The molecule has 0 aliphatic carbocycles. The van der Waals surface area contributed by atoms with E-state index in [9.17, 15) is 0 Å². The van der Waals surface area contributed by atoms with Gasteiger partial charge in [-0.05, 0) is 108 Å². The van der Waals surface area contributed by atoms with Gasteiger partial charge in [-0.15, -0.1) is 0 Å². The molecule has 4 aromatic rings. The molecule has 0 bridgehead atoms. The molecule has 9 nitrogen and oxygen atoms in total. The largest absolute Gasteiger partial charge is 0.493 e. The minimum absolute atomic E-state index is 0.552. The van der Waals surface area contributed by atoms with Crippen LogP contribution in [-0.4, -0.2) is 110 Å². The van der Waals surface area contributed by atoms with E-state index in [1.54, 1.807) is 0 Å². The minimum atomic E-state index is 0.552. The molecule has 2 aliphatic rings. The van der Waals surface area contributed by atoms with Crippen molar-refractivity contribution in [3.05, 3.63) is 65.2 Å². The first-order chi connectivity index (χ1) is 26.5. The Hall–Kier alpha value is -3.50. The molecule has 10 heteroatoms. The number of hydrogen-bond donors (Lipinski definition) is 0. The molecule has 3 heterocycles. The molecule has 0 N–H and O–H groups in total. The number of aryl methyl sites for hydroxylation is 1. The van der Waals surface area contributed by atoms with Crippen LogP contribution in [0.5, 0.6) is 23.0 Å². The second-order valence-electron chi connectivity index (χ2n) is 14.6. The van der Waals surface area contributed by atoms with E-state index in [4.69, 9.17) is 35.5 Å². The van der Waals surface area contributed by atoms with Crippen LogP contribution in [0.2, 0.25) is 5.02 Å². The number of ether oxygens (including phenoxy) is 4. The summed E-state index contributed by atoms with van der Waals surface area (Å²) in [6.45, 7) is 19.4. The van der Waals surface area contributed by atoms with Crippen LogP contribution in [-0.2, 0) is 13.0 Å². The van der Waals surface area contributed by atoms with Gasteiger partial charge in [0.2, 0.25) is 0 Å². The Bertz CT molecular complexity index is 1710. The van der Waals surface area contributed by atoms with Gasteiger partial charge in [0, 0.05) is 55.8 Å². The van der Waals surface area contributed by atoms with Gasteiger partial charge in [-0.25, -0.2) is 4.98 Å². The van der Waals surface area contributed by atoms with Crippen LogP contribution in [0.15, 0.2) is 54.6 Å². The number of unbranched alkanes of at least 4 members (excludes halogenated alkanes) is 1. The topological polar surface area (TPSA) is 64.5 Å². The predicted octanol–water partition coefficient (Wildman–Crippen LogP) is 8.84. The lowest BCUT2D eigenvalue weighted by molar-refractivity contribution is 0.231. The highest BCUT2D eigenvalue weighted by Crippen LogP contribution is 2.39. The molecule has 0 radical (unpaired) electrons. The molecular formula is C44H62ClN5O4. The van der Waals surface area contributed by atoms with E-state index in [1.807, 2.05) is 24.3 Å². The molecule has 0 amide bonds. The molecule has 0 saturated carbocycles. The molecule has 1 aromatic heterocycles. The van der Waals surface area contributed by atoms with E-state index in [2.05, 4.69) is 70.4 Å². The average Bonchev–Trinajstić information content (AvgIpc) is 3.98. The minimum Gasteiger partial charge on any atom is -0.493 e. The van der Waals surface area contributed by atoms with Crippen LogP contribution >= 0.6 is 11.6 Å². The third kappa shape index (κ3) is 11.3. The molecule has 0 spiro atoms. The van der Waals surface area contributed by atoms with Crippen molar-refractivity contribution in [3.63, 3.8) is 0 Å². The lowest BCUT2D eigenvalue weighted by Gasteiger charge is -2.19. The second-order valence-corrected chi connectivity index (χ2v) is 15.1. The number of aromatic nitrogens is 2. The summed E-state index contributed by atoms with van der Waals surface area (Å²) in [4.78, 5) is 12.8. The normalized spacial score (nSPS) is 15.1. The maximum absolute atomic E-state index is 6.64. The molecule has 3 aromatic carbocycles. The standard InChI is InChI=1S/C44H62ClN5O4/c1-4-7-25-50-40-32-38(52-30-26-48-20-8-9-21-48)34-42(54-31-27-49-22-10-11-23-49)43(40)46-44(50)39-18-17-37(51-29-19-35-13-15-36(45)16-14-35)33-41(39)53-28-12-24-47(5-2)6-3/h13-18,32-34H,4-12,19-31H2,1-3H3. The summed E-state index contributed by atoms with van der Waals surface area (Å²) in [5.41, 5.74) is 4.04. The van der Waals surface area contributed by atoms with E-state index in [1.165, 1.54) is 31.2 Å². The molecule has 2 saturated heterocycles. The zero-order valence-electron chi connectivity index (χ0n) is 33.0. The smallest absolute Gasteiger partial charge is 0.150 e. The number of benzene rings is 3.